The lowest BCUT2D eigenvalue weighted by Gasteiger charge is -2.13. The fraction of sp³-hybridized carbons (Fsp3) is 0.125. The van der Waals surface area contributed by atoms with Gasteiger partial charge >= 0.3 is 5.97 Å². The van der Waals surface area contributed by atoms with Crippen LogP contribution in [0.1, 0.15) is 22.8 Å². The van der Waals surface area contributed by atoms with Gasteiger partial charge in [-0.05, 0) is 37.3 Å². The molecule has 0 unspecified atom stereocenters. The molecule has 0 aliphatic carbocycles. The van der Waals surface area contributed by atoms with Crippen LogP contribution in [0.25, 0.3) is 0 Å². The van der Waals surface area contributed by atoms with Crippen molar-refractivity contribution in [3.8, 4) is 11.5 Å². The van der Waals surface area contributed by atoms with Crippen LogP contribution in [-0.2, 0) is 0 Å². The summed E-state index contributed by atoms with van der Waals surface area (Å²) in [7, 11) is 0. The first-order chi connectivity index (χ1) is 11.0. The maximum Gasteiger partial charge on any atom is 0.343 e. The molecule has 0 amide bonds. The minimum atomic E-state index is -0.612. The molecule has 0 saturated carbocycles. The lowest BCUT2D eigenvalue weighted by Crippen LogP contribution is -2.10. The summed E-state index contributed by atoms with van der Waals surface area (Å²) in [6.45, 7) is 2.13. The second-order valence-corrected chi connectivity index (χ2v) is 5.25. The van der Waals surface area contributed by atoms with Gasteiger partial charge in [0.25, 0.3) is 0 Å². The molecule has 0 bridgehead atoms. The number of rotatable bonds is 5. The summed E-state index contributed by atoms with van der Waals surface area (Å²) in [6.07, 6.45) is 1.19. The lowest BCUT2D eigenvalue weighted by molar-refractivity contribution is 0.0728. The topological polar surface area (TPSA) is 68.1 Å². The number of oxime groups is 1. The quantitative estimate of drug-likeness (QED) is 0.284. The summed E-state index contributed by atoms with van der Waals surface area (Å²) in [5.41, 5.74) is 0.792. The fourth-order valence-corrected chi connectivity index (χ4v) is 2.31. The Kier molecular flexibility index (Phi) is 5.84. The van der Waals surface area contributed by atoms with Crippen molar-refractivity contribution >= 4 is 35.4 Å². The third kappa shape index (κ3) is 4.37. The summed E-state index contributed by atoms with van der Waals surface area (Å²) in [4.78, 5) is 12.2. The average molecular weight is 354 g/mol. The van der Waals surface area contributed by atoms with Crippen LogP contribution in [0.2, 0.25) is 10.0 Å². The van der Waals surface area contributed by atoms with Crippen LogP contribution in [0.4, 0.5) is 0 Å². The van der Waals surface area contributed by atoms with Crippen LogP contribution in [0.15, 0.2) is 41.6 Å². The SMILES string of the molecule is CCOc1cc(/C=N\O)cc(Cl)c1OC(=O)c1cccc(Cl)c1. The first-order valence-corrected chi connectivity index (χ1v) is 7.42. The predicted molar refractivity (Wildman–Crippen MR) is 88.4 cm³/mol. The molecule has 0 aliphatic heterocycles. The Morgan fingerprint density at radius 3 is 2.74 bits per heavy atom. The molecule has 120 valence electrons. The van der Waals surface area contributed by atoms with E-state index < -0.39 is 5.97 Å². The fourth-order valence-electron chi connectivity index (χ4n) is 1.86. The van der Waals surface area contributed by atoms with Crippen molar-refractivity contribution in [2.24, 2.45) is 5.16 Å². The molecule has 0 atom stereocenters. The van der Waals surface area contributed by atoms with Gasteiger partial charge in [-0.1, -0.05) is 34.4 Å². The molecule has 2 aromatic carbocycles. The first-order valence-electron chi connectivity index (χ1n) is 6.66. The van der Waals surface area contributed by atoms with Crippen LogP contribution >= 0.6 is 23.2 Å². The predicted octanol–water partition coefficient (Wildman–Crippen LogP) is 4.42. The van der Waals surface area contributed by atoms with Gasteiger partial charge in [0, 0.05) is 10.6 Å². The van der Waals surface area contributed by atoms with Gasteiger partial charge in [-0.2, -0.15) is 0 Å². The molecule has 7 heteroatoms. The van der Waals surface area contributed by atoms with Gasteiger partial charge in [0.15, 0.2) is 11.5 Å². The molecule has 0 aliphatic rings. The van der Waals surface area contributed by atoms with E-state index in [1.165, 1.54) is 18.3 Å². The normalized spacial score (nSPS) is 10.7. The molecule has 0 heterocycles. The zero-order valence-corrected chi connectivity index (χ0v) is 13.6. The summed E-state index contributed by atoms with van der Waals surface area (Å²) in [5.74, 6) is -0.252. The van der Waals surface area contributed by atoms with Crippen LogP contribution < -0.4 is 9.47 Å². The van der Waals surface area contributed by atoms with Gasteiger partial charge in [0.05, 0.1) is 23.4 Å². The van der Waals surface area contributed by atoms with Crippen molar-refractivity contribution in [1.29, 1.82) is 0 Å². The van der Waals surface area contributed by atoms with Crippen molar-refractivity contribution in [3.05, 3.63) is 57.6 Å². The molecule has 23 heavy (non-hydrogen) atoms. The Balaban J connectivity index is 2.36. The first kappa shape index (κ1) is 17.1. The van der Waals surface area contributed by atoms with E-state index in [0.29, 0.717) is 17.2 Å². The summed E-state index contributed by atoms with van der Waals surface area (Å²) < 4.78 is 10.8. The van der Waals surface area contributed by atoms with Gasteiger partial charge in [0.2, 0.25) is 0 Å². The third-order valence-corrected chi connectivity index (χ3v) is 3.31. The van der Waals surface area contributed by atoms with E-state index in [9.17, 15) is 4.79 Å². The van der Waals surface area contributed by atoms with Gasteiger partial charge in [-0.25, -0.2) is 4.79 Å². The highest BCUT2D eigenvalue weighted by Gasteiger charge is 2.17. The smallest absolute Gasteiger partial charge is 0.343 e. The van der Waals surface area contributed by atoms with Crippen LogP contribution in [0.5, 0.6) is 11.5 Å². The van der Waals surface area contributed by atoms with Gasteiger partial charge in [0.1, 0.15) is 0 Å². The lowest BCUT2D eigenvalue weighted by atomic mass is 10.2. The van der Waals surface area contributed by atoms with Gasteiger partial charge in [-0.15, -0.1) is 0 Å². The standard InChI is InChI=1S/C16H13Cl2NO4/c1-2-22-14-7-10(9-19-21)6-13(18)15(14)23-16(20)11-4-3-5-12(17)8-11/h3-9,21H,2H2,1H3/b19-9-. The number of ether oxygens (including phenoxy) is 2. The highest BCUT2D eigenvalue weighted by molar-refractivity contribution is 6.33. The Hall–Kier alpha value is -2.24. The van der Waals surface area contributed by atoms with Crippen molar-refractivity contribution in [2.45, 2.75) is 6.92 Å². The molecule has 0 fully saturated rings. The monoisotopic (exact) mass is 353 g/mol. The second-order valence-electron chi connectivity index (χ2n) is 4.41. The number of carbonyl (C=O) groups is 1. The molecule has 0 aromatic heterocycles. The maximum absolute atomic E-state index is 12.2. The van der Waals surface area contributed by atoms with Crippen molar-refractivity contribution in [1.82, 2.24) is 0 Å². The summed E-state index contributed by atoms with van der Waals surface area (Å²) in [5, 5.41) is 12.1. The highest BCUT2D eigenvalue weighted by Crippen LogP contribution is 2.37. The molecular formula is C16H13Cl2NO4. The number of hydrogen-bond acceptors (Lipinski definition) is 5. The second kappa shape index (κ2) is 7.85. The average Bonchev–Trinajstić information content (AvgIpc) is 2.51. The van der Waals surface area contributed by atoms with E-state index in [-0.39, 0.29) is 22.1 Å². The van der Waals surface area contributed by atoms with E-state index in [4.69, 9.17) is 37.9 Å². The van der Waals surface area contributed by atoms with Crippen LogP contribution in [0, 0.1) is 0 Å². The summed E-state index contributed by atoms with van der Waals surface area (Å²) in [6, 6.07) is 9.41. The minimum Gasteiger partial charge on any atom is -0.490 e. The van der Waals surface area contributed by atoms with Gasteiger partial charge in [-0.3, -0.25) is 0 Å². The molecule has 2 aromatic rings. The Labute approximate surface area is 143 Å². The number of halogens is 2. The van der Waals surface area contributed by atoms with Crippen molar-refractivity contribution in [2.75, 3.05) is 6.61 Å². The molecule has 0 radical (unpaired) electrons. The van der Waals surface area contributed by atoms with E-state index in [0.717, 1.165) is 0 Å². The minimum absolute atomic E-state index is 0.0913. The Morgan fingerprint density at radius 1 is 1.30 bits per heavy atom. The van der Waals surface area contributed by atoms with E-state index in [1.807, 2.05) is 0 Å². The van der Waals surface area contributed by atoms with E-state index >= 15 is 0 Å². The largest absolute Gasteiger partial charge is 0.490 e. The Morgan fingerprint density at radius 2 is 2.09 bits per heavy atom. The number of nitrogens with zero attached hydrogens (tertiary/aromatic N) is 1. The molecule has 5 nitrogen and oxygen atoms in total. The van der Waals surface area contributed by atoms with E-state index in [2.05, 4.69) is 5.16 Å². The number of carbonyl (C=O) groups excluding carboxylic acids is 1. The number of esters is 1. The van der Waals surface area contributed by atoms with Crippen LogP contribution in [0.3, 0.4) is 0 Å². The molecule has 0 spiro atoms. The molecule has 0 saturated heterocycles. The highest BCUT2D eigenvalue weighted by atomic mass is 35.5. The zero-order chi connectivity index (χ0) is 16.8. The van der Waals surface area contributed by atoms with Crippen molar-refractivity contribution < 1.29 is 19.5 Å². The van der Waals surface area contributed by atoms with Gasteiger partial charge < -0.3 is 14.7 Å². The number of benzene rings is 2. The van der Waals surface area contributed by atoms with Crippen molar-refractivity contribution in [3.63, 3.8) is 0 Å². The molecular weight excluding hydrogens is 341 g/mol. The van der Waals surface area contributed by atoms with E-state index in [1.54, 1.807) is 31.2 Å². The Bertz CT molecular complexity index is 747. The maximum atomic E-state index is 12.2. The zero-order valence-electron chi connectivity index (χ0n) is 12.1. The molecule has 1 N–H and O–H groups in total. The van der Waals surface area contributed by atoms with Crippen LogP contribution in [-0.4, -0.2) is 24.0 Å². The third-order valence-electron chi connectivity index (χ3n) is 2.79. The number of hydrogen-bond donors (Lipinski definition) is 1. The molecule has 2 rings (SSSR count). The summed E-state index contributed by atoms with van der Waals surface area (Å²) >= 11 is 12.0.